The Morgan fingerprint density at radius 2 is 2.06 bits per heavy atom. The highest BCUT2D eigenvalue weighted by Gasteiger charge is 2.09. The molecule has 0 aromatic heterocycles. The van der Waals surface area contributed by atoms with Gasteiger partial charge in [0.2, 0.25) is 0 Å². The van der Waals surface area contributed by atoms with Crippen LogP contribution in [0.15, 0.2) is 30.4 Å². The van der Waals surface area contributed by atoms with Gasteiger partial charge in [-0.2, -0.15) is 0 Å². The maximum absolute atomic E-state index is 11.3. The smallest absolute Gasteiger partial charge is 0.336 e. The Labute approximate surface area is 102 Å². The minimum Gasteiger partial charge on any atom is -0.488 e. The van der Waals surface area contributed by atoms with E-state index in [1.54, 1.807) is 6.92 Å². The second-order valence-electron chi connectivity index (χ2n) is 3.88. The summed E-state index contributed by atoms with van der Waals surface area (Å²) in [6.07, 6.45) is 0. The lowest BCUT2D eigenvalue weighted by molar-refractivity contribution is -0.138. The van der Waals surface area contributed by atoms with Crippen LogP contribution < -0.4 is 4.74 Å². The fourth-order valence-electron chi connectivity index (χ4n) is 1.32. The molecule has 1 rings (SSSR count). The highest BCUT2D eigenvalue weighted by atomic mass is 16.5. The van der Waals surface area contributed by atoms with Crippen LogP contribution in [0.5, 0.6) is 5.75 Å². The van der Waals surface area contributed by atoms with Crippen molar-refractivity contribution in [2.45, 2.75) is 20.8 Å². The van der Waals surface area contributed by atoms with Crippen LogP contribution in [0, 0.1) is 13.8 Å². The minimum absolute atomic E-state index is 0.156. The van der Waals surface area contributed by atoms with Gasteiger partial charge < -0.3 is 9.47 Å². The number of rotatable bonds is 5. The third-order valence-corrected chi connectivity index (χ3v) is 2.31. The van der Waals surface area contributed by atoms with Gasteiger partial charge in [-0.05, 0) is 38.0 Å². The Bertz CT molecular complexity index is 421. The molecule has 0 aliphatic carbocycles. The summed E-state index contributed by atoms with van der Waals surface area (Å²) < 4.78 is 10.4. The number of aryl methyl sites for hydroxylation is 2. The van der Waals surface area contributed by atoms with Gasteiger partial charge >= 0.3 is 5.97 Å². The molecule has 0 radical (unpaired) electrons. The van der Waals surface area contributed by atoms with E-state index in [2.05, 4.69) is 6.58 Å². The van der Waals surface area contributed by atoms with Gasteiger partial charge in [-0.3, -0.25) is 0 Å². The van der Waals surface area contributed by atoms with Crippen molar-refractivity contribution < 1.29 is 14.3 Å². The number of esters is 1. The molecule has 3 nitrogen and oxygen atoms in total. The van der Waals surface area contributed by atoms with Gasteiger partial charge in [-0.25, -0.2) is 4.79 Å². The molecule has 92 valence electrons. The quantitative estimate of drug-likeness (QED) is 0.580. The number of benzene rings is 1. The summed E-state index contributed by atoms with van der Waals surface area (Å²) in [5, 5.41) is 0. The Balaban J connectivity index is 2.58. The van der Waals surface area contributed by atoms with E-state index < -0.39 is 5.97 Å². The zero-order chi connectivity index (χ0) is 12.8. The molecule has 1 aromatic rings. The molecule has 0 spiro atoms. The molecule has 3 heteroatoms. The topological polar surface area (TPSA) is 35.5 Å². The molecule has 0 heterocycles. The minimum atomic E-state index is -0.405. The SMILES string of the molecule is C=C(COc1cc(C)ccc1C)C(=O)OCC. The third kappa shape index (κ3) is 3.94. The molecule has 0 amide bonds. The molecular weight excluding hydrogens is 216 g/mol. The van der Waals surface area contributed by atoms with E-state index >= 15 is 0 Å². The largest absolute Gasteiger partial charge is 0.488 e. The van der Waals surface area contributed by atoms with Crippen molar-refractivity contribution in [3.05, 3.63) is 41.5 Å². The molecule has 0 aliphatic heterocycles. The fraction of sp³-hybridized carbons (Fsp3) is 0.357. The van der Waals surface area contributed by atoms with Crippen LogP contribution in [-0.2, 0) is 9.53 Å². The van der Waals surface area contributed by atoms with Gasteiger partial charge in [-0.1, -0.05) is 18.7 Å². The zero-order valence-electron chi connectivity index (χ0n) is 10.6. The van der Waals surface area contributed by atoms with Crippen molar-refractivity contribution >= 4 is 5.97 Å². The normalized spacial score (nSPS) is 9.82. The first-order valence-corrected chi connectivity index (χ1v) is 5.59. The standard InChI is InChI=1S/C14H18O3/c1-5-16-14(15)12(4)9-17-13-8-10(2)6-7-11(13)3/h6-8H,4-5,9H2,1-3H3. The second-order valence-corrected chi connectivity index (χ2v) is 3.88. The van der Waals surface area contributed by atoms with E-state index in [1.807, 2.05) is 32.0 Å². The van der Waals surface area contributed by atoms with Crippen molar-refractivity contribution in [2.24, 2.45) is 0 Å². The van der Waals surface area contributed by atoms with Gasteiger partial charge in [0.05, 0.1) is 12.2 Å². The number of carbonyl (C=O) groups is 1. The zero-order valence-corrected chi connectivity index (χ0v) is 10.6. The van der Waals surface area contributed by atoms with Gasteiger partial charge in [0.25, 0.3) is 0 Å². The lowest BCUT2D eigenvalue weighted by Crippen LogP contribution is -2.13. The summed E-state index contributed by atoms with van der Waals surface area (Å²) in [5.74, 6) is 0.369. The maximum atomic E-state index is 11.3. The Morgan fingerprint density at radius 1 is 1.35 bits per heavy atom. The highest BCUT2D eigenvalue weighted by Crippen LogP contribution is 2.19. The summed E-state index contributed by atoms with van der Waals surface area (Å²) in [6, 6.07) is 5.94. The first-order valence-electron chi connectivity index (χ1n) is 5.59. The summed E-state index contributed by atoms with van der Waals surface area (Å²) in [5.41, 5.74) is 2.48. The predicted octanol–water partition coefficient (Wildman–Crippen LogP) is 2.80. The summed E-state index contributed by atoms with van der Waals surface area (Å²) >= 11 is 0. The average molecular weight is 234 g/mol. The fourth-order valence-corrected chi connectivity index (χ4v) is 1.32. The number of ether oxygens (including phenoxy) is 2. The Hall–Kier alpha value is -1.77. The molecule has 0 atom stereocenters. The van der Waals surface area contributed by atoms with Gasteiger partial charge in [0, 0.05) is 0 Å². The van der Waals surface area contributed by atoms with E-state index in [0.29, 0.717) is 12.2 Å². The molecule has 0 saturated heterocycles. The van der Waals surface area contributed by atoms with Gasteiger partial charge in [0.1, 0.15) is 12.4 Å². The Kier molecular flexibility index (Phi) is 4.76. The monoisotopic (exact) mass is 234 g/mol. The van der Waals surface area contributed by atoms with Gasteiger partial charge in [0.15, 0.2) is 0 Å². The first-order chi connectivity index (χ1) is 8.04. The van der Waals surface area contributed by atoms with Crippen molar-refractivity contribution in [2.75, 3.05) is 13.2 Å². The number of hydrogen-bond acceptors (Lipinski definition) is 3. The van der Waals surface area contributed by atoms with Crippen LogP contribution >= 0.6 is 0 Å². The van der Waals surface area contributed by atoms with Crippen LogP contribution in [0.4, 0.5) is 0 Å². The molecule has 0 bridgehead atoms. The highest BCUT2D eigenvalue weighted by molar-refractivity contribution is 5.88. The van der Waals surface area contributed by atoms with E-state index in [9.17, 15) is 4.79 Å². The molecule has 0 unspecified atom stereocenters. The third-order valence-electron chi connectivity index (χ3n) is 2.31. The van der Waals surface area contributed by atoms with Crippen molar-refractivity contribution in [1.29, 1.82) is 0 Å². The average Bonchev–Trinajstić information content (AvgIpc) is 2.30. The second kappa shape index (κ2) is 6.09. The molecule has 17 heavy (non-hydrogen) atoms. The van der Waals surface area contributed by atoms with Crippen LogP contribution in [0.2, 0.25) is 0 Å². The maximum Gasteiger partial charge on any atom is 0.336 e. The van der Waals surface area contributed by atoms with E-state index in [0.717, 1.165) is 16.9 Å². The van der Waals surface area contributed by atoms with Crippen molar-refractivity contribution in [3.8, 4) is 5.75 Å². The van der Waals surface area contributed by atoms with Crippen molar-refractivity contribution in [1.82, 2.24) is 0 Å². The molecular formula is C14H18O3. The molecule has 0 saturated carbocycles. The molecule has 0 fully saturated rings. The molecule has 0 aliphatic rings. The van der Waals surface area contributed by atoms with E-state index in [1.165, 1.54) is 0 Å². The first kappa shape index (κ1) is 13.3. The van der Waals surface area contributed by atoms with E-state index in [-0.39, 0.29) is 6.61 Å². The predicted molar refractivity (Wildman–Crippen MR) is 67.2 cm³/mol. The summed E-state index contributed by atoms with van der Waals surface area (Å²) in [4.78, 5) is 11.3. The van der Waals surface area contributed by atoms with Crippen LogP contribution in [0.1, 0.15) is 18.1 Å². The van der Waals surface area contributed by atoms with E-state index in [4.69, 9.17) is 9.47 Å². The molecule has 0 N–H and O–H groups in total. The Morgan fingerprint density at radius 3 is 2.71 bits per heavy atom. The molecule has 1 aromatic carbocycles. The van der Waals surface area contributed by atoms with Crippen LogP contribution in [0.25, 0.3) is 0 Å². The summed E-state index contributed by atoms with van der Waals surface area (Å²) in [7, 11) is 0. The lowest BCUT2D eigenvalue weighted by atomic mass is 10.1. The summed E-state index contributed by atoms with van der Waals surface area (Å²) in [6.45, 7) is 9.86. The van der Waals surface area contributed by atoms with Crippen molar-refractivity contribution in [3.63, 3.8) is 0 Å². The van der Waals surface area contributed by atoms with Crippen LogP contribution in [0.3, 0.4) is 0 Å². The van der Waals surface area contributed by atoms with Gasteiger partial charge in [-0.15, -0.1) is 0 Å². The number of hydrogen-bond donors (Lipinski definition) is 0. The van der Waals surface area contributed by atoms with Crippen LogP contribution in [-0.4, -0.2) is 19.2 Å². The number of carbonyl (C=O) groups excluding carboxylic acids is 1. The lowest BCUT2D eigenvalue weighted by Gasteiger charge is -2.10.